The van der Waals surface area contributed by atoms with E-state index in [2.05, 4.69) is 15.0 Å². The first kappa shape index (κ1) is 23.4. The Hall–Kier alpha value is -3.24. The molecule has 168 valence electrons. The molecule has 1 heterocycles. The fourth-order valence-corrected chi connectivity index (χ4v) is 4.75. The summed E-state index contributed by atoms with van der Waals surface area (Å²) in [4.78, 5) is 17.0. The smallest absolute Gasteiger partial charge is 0.265 e. The molecule has 0 aliphatic rings. The van der Waals surface area contributed by atoms with Gasteiger partial charge in [0.25, 0.3) is 15.9 Å². The zero-order valence-corrected chi connectivity index (χ0v) is 19.4. The second kappa shape index (κ2) is 10.4. The minimum atomic E-state index is -3.89. The van der Waals surface area contributed by atoms with E-state index in [0.717, 1.165) is 4.90 Å². The Morgan fingerprint density at radius 2 is 1.78 bits per heavy atom. The zero-order valence-electron chi connectivity index (χ0n) is 17.8. The summed E-state index contributed by atoms with van der Waals surface area (Å²) in [6, 6.07) is 14.9. The molecule has 0 aliphatic heterocycles. The van der Waals surface area contributed by atoms with Gasteiger partial charge in [0.05, 0.1) is 19.8 Å². The molecular weight excluding hydrogens is 450 g/mol. The molecule has 2 N–H and O–H groups in total. The summed E-state index contributed by atoms with van der Waals surface area (Å²) >= 11 is 1.40. The number of pyridine rings is 1. The SMILES string of the molecule is CCNC(=O)c1ccc(Sc2ccc(NS(=O)(=O)c3cc(OC)ccc3OC)cc2)nc1. The molecule has 0 spiro atoms. The number of sulfonamides is 1. The molecule has 0 aliphatic carbocycles. The van der Waals surface area contributed by atoms with Crippen molar-refractivity contribution in [2.75, 3.05) is 25.5 Å². The van der Waals surface area contributed by atoms with Gasteiger partial charge in [-0.05, 0) is 55.5 Å². The summed E-state index contributed by atoms with van der Waals surface area (Å²) in [7, 11) is -1.02. The van der Waals surface area contributed by atoms with E-state index < -0.39 is 10.0 Å². The lowest BCUT2D eigenvalue weighted by atomic mass is 10.3. The first-order chi connectivity index (χ1) is 15.4. The van der Waals surface area contributed by atoms with Crippen LogP contribution in [0.5, 0.6) is 11.5 Å². The normalized spacial score (nSPS) is 11.0. The molecule has 3 rings (SSSR count). The largest absolute Gasteiger partial charge is 0.497 e. The Bertz CT molecular complexity index is 1180. The van der Waals surface area contributed by atoms with E-state index in [1.54, 1.807) is 42.5 Å². The third-order valence-electron chi connectivity index (χ3n) is 4.33. The lowest BCUT2D eigenvalue weighted by molar-refractivity contribution is 0.0955. The van der Waals surface area contributed by atoms with Crippen molar-refractivity contribution in [2.24, 2.45) is 0 Å². The highest BCUT2D eigenvalue weighted by atomic mass is 32.2. The molecule has 1 amide bonds. The number of methoxy groups -OCH3 is 2. The molecule has 0 saturated heterocycles. The van der Waals surface area contributed by atoms with Crippen molar-refractivity contribution < 1.29 is 22.7 Å². The van der Waals surface area contributed by atoms with Gasteiger partial charge in [-0.1, -0.05) is 11.8 Å². The number of hydrogen-bond donors (Lipinski definition) is 2. The van der Waals surface area contributed by atoms with Crippen LogP contribution in [0.1, 0.15) is 17.3 Å². The van der Waals surface area contributed by atoms with Crippen LogP contribution in [0.4, 0.5) is 5.69 Å². The second-order valence-electron chi connectivity index (χ2n) is 6.49. The standard InChI is InChI=1S/C22H23N3O5S2/c1-4-23-22(26)15-5-12-21(24-14-15)31-18-9-6-16(7-10-18)25-32(27,28)20-13-17(29-2)8-11-19(20)30-3/h5-14,25H,4H2,1-3H3,(H,23,26). The molecule has 1 aromatic heterocycles. The maximum absolute atomic E-state index is 12.9. The lowest BCUT2D eigenvalue weighted by Crippen LogP contribution is -2.22. The van der Waals surface area contributed by atoms with E-state index in [1.165, 1.54) is 44.3 Å². The van der Waals surface area contributed by atoms with E-state index in [4.69, 9.17) is 9.47 Å². The van der Waals surface area contributed by atoms with Crippen molar-refractivity contribution in [2.45, 2.75) is 21.7 Å². The Kier molecular flexibility index (Phi) is 7.60. The van der Waals surface area contributed by atoms with Gasteiger partial charge >= 0.3 is 0 Å². The first-order valence-corrected chi connectivity index (χ1v) is 11.9. The highest BCUT2D eigenvalue weighted by Gasteiger charge is 2.21. The number of carbonyl (C=O) groups excluding carboxylic acids is 1. The minimum absolute atomic E-state index is 0.0193. The first-order valence-electron chi connectivity index (χ1n) is 9.63. The van der Waals surface area contributed by atoms with Gasteiger partial charge in [-0.25, -0.2) is 13.4 Å². The second-order valence-corrected chi connectivity index (χ2v) is 9.24. The summed E-state index contributed by atoms with van der Waals surface area (Å²) in [5, 5.41) is 3.44. The average Bonchev–Trinajstić information content (AvgIpc) is 2.80. The molecule has 2 aromatic carbocycles. The molecule has 0 saturated carbocycles. The Labute approximate surface area is 191 Å². The summed E-state index contributed by atoms with van der Waals surface area (Å²) < 4.78 is 38.6. The van der Waals surface area contributed by atoms with Crippen LogP contribution in [0.15, 0.2) is 75.6 Å². The molecular formula is C22H23N3O5S2. The van der Waals surface area contributed by atoms with Crippen LogP contribution in [0.2, 0.25) is 0 Å². The number of benzene rings is 2. The van der Waals surface area contributed by atoms with Crippen molar-refractivity contribution in [3.8, 4) is 11.5 Å². The van der Waals surface area contributed by atoms with Crippen molar-refractivity contribution in [1.29, 1.82) is 0 Å². The van der Waals surface area contributed by atoms with Gasteiger partial charge in [0, 0.05) is 29.4 Å². The van der Waals surface area contributed by atoms with Crippen molar-refractivity contribution in [3.63, 3.8) is 0 Å². The molecule has 0 bridgehead atoms. The van der Waals surface area contributed by atoms with Crippen molar-refractivity contribution >= 4 is 33.4 Å². The van der Waals surface area contributed by atoms with Gasteiger partial charge in [-0.3, -0.25) is 9.52 Å². The number of aromatic nitrogens is 1. The zero-order chi connectivity index (χ0) is 23.1. The number of ether oxygens (including phenoxy) is 2. The molecule has 3 aromatic rings. The van der Waals surface area contributed by atoms with Crippen LogP contribution in [0.3, 0.4) is 0 Å². The predicted molar refractivity (Wildman–Crippen MR) is 123 cm³/mol. The van der Waals surface area contributed by atoms with Crippen molar-refractivity contribution in [1.82, 2.24) is 10.3 Å². The molecule has 8 nitrogen and oxygen atoms in total. The quantitative estimate of drug-likeness (QED) is 0.487. The summed E-state index contributed by atoms with van der Waals surface area (Å²) in [5.41, 5.74) is 0.896. The van der Waals surface area contributed by atoms with Crippen LogP contribution < -0.4 is 19.5 Å². The van der Waals surface area contributed by atoms with Gasteiger partial charge in [0.2, 0.25) is 0 Å². The lowest BCUT2D eigenvalue weighted by Gasteiger charge is -2.13. The summed E-state index contributed by atoms with van der Waals surface area (Å²) in [6.07, 6.45) is 1.53. The van der Waals surface area contributed by atoms with Crippen LogP contribution in [0, 0.1) is 0 Å². The molecule has 0 unspecified atom stereocenters. The van der Waals surface area contributed by atoms with Crippen LogP contribution >= 0.6 is 11.8 Å². The fourth-order valence-electron chi connectivity index (χ4n) is 2.75. The minimum Gasteiger partial charge on any atom is -0.497 e. The van der Waals surface area contributed by atoms with Gasteiger partial charge < -0.3 is 14.8 Å². The predicted octanol–water partition coefficient (Wildman–Crippen LogP) is 3.80. The number of amides is 1. The monoisotopic (exact) mass is 473 g/mol. The van der Waals surface area contributed by atoms with Crippen LogP contribution in [-0.4, -0.2) is 40.1 Å². The van der Waals surface area contributed by atoms with E-state index in [0.29, 0.717) is 28.6 Å². The van der Waals surface area contributed by atoms with Crippen LogP contribution in [0.25, 0.3) is 0 Å². The topological polar surface area (TPSA) is 107 Å². The molecule has 10 heteroatoms. The fraction of sp³-hybridized carbons (Fsp3) is 0.182. The molecule has 0 radical (unpaired) electrons. The van der Waals surface area contributed by atoms with Crippen molar-refractivity contribution in [3.05, 3.63) is 66.4 Å². The maximum atomic E-state index is 12.9. The van der Waals surface area contributed by atoms with E-state index in [-0.39, 0.29) is 16.6 Å². The third-order valence-corrected chi connectivity index (χ3v) is 6.69. The number of hydrogen-bond acceptors (Lipinski definition) is 7. The highest BCUT2D eigenvalue weighted by Crippen LogP contribution is 2.31. The molecule has 0 atom stereocenters. The Morgan fingerprint density at radius 1 is 1.03 bits per heavy atom. The van der Waals surface area contributed by atoms with E-state index in [1.807, 2.05) is 6.92 Å². The summed E-state index contributed by atoms with van der Waals surface area (Å²) in [5.74, 6) is 0.456. The molecule has 32 heavy (non-hydrogen) atoms. The van der Waals surface area contributed by atoms with Gasteiger partial charge in [-0.2, -0.15) is 0 Å². The Morgan fingerprint density at radius 3 is 2.38 bits per heavy atom. The average molecular weight is 474 g/mol. The maximum Gasteiger partial charge on any atom is 0.265 e. The van der Waals surface area contributed by atoms with E-state index >= 15 is 0 Å². The number of anilines is 1. The number of nitrogens with one attached hydrogen (secondary N) is 2. The Balaban J connectivity index is 1.71. The van der Waals surface area contributed by atoms with Gasteiger partial charge in [-0.15, -0.1) is 0 Å². The number of carbonyl (C=O) groups is 1. The summed E-state index contributed by atoms with van der Waals surface area (Å²) in [6.45, 7) is 2.41. The number of rotatable bonds is 9. The van der Waals surface area contributed by atoms with Crippen LogP contribution in [-0.2, 0) is 10.0 Å². The highest BCUT2D eigenvalue weighted by molar-refractivity contribution is 7.99. The van der Waals surface area contributed by atoms with E-state index in [9.17, 15) is 13.2 Å². The third kappa shape index (κ3) is 5.71. The van der Waals surface area contributed by atoms with Gasteiger partial charge in [0.15, 0.2) is 0 Å². The molecule has 0 fully saturated rings. The number of nitrogens with zero attached hydrogens (tertiary/aromatic N) is 1. The van der Waals surface area contributed by atoms with Gasteiger partial charge in [0.1, 0.15) is 21.4 Å².